The van der Waals surface area contributed by atoms with Crippen molar-refractivity contribution in [2.45, 2.75) is 29.2 Å². The van der Waals surface area contributed by atoms with Crippen LogP contribution in [-0.2, 0) is 6.54 Å². The van der Waals surface area contributed by atoms with Crippen LogP contribution >= 0.6 is 23.4 Å². The van der Waals surface area contributed by atoms with Crippen molar-refractivity contribution in [3.8, 4) is 0 Å². The first-order chi connectivity index (χ1) is 16.3. The lowest BCUT2D eigenvalue weighted by molar-refractivity contribution is 0.0993. The summed E-state index contributed by atoms with van der Waals surface area (Å²) in [5.74, 6) is -0.515. The molecule has 2 aromatic heterocycles. The fourth-order valence-electron chi connectivity index (χ4n) is 3.07. The minimum atomic E-state index is -2.99. The van der Waals surface area contributed by atoms with E-state index in [-0.39, 0.29) is 18.1 Å². The maximum Gasteiger partial charge on any atom is 0.291 e. The Morgan fingerprint density at radius 1 is 1.03 bits per heavy atom. The number of amides is 1. The Morgan fingerprint density at radius 3 is 2.47 bits per heavy atom. The van der Waals surface area contributed by atoms with Gasteiger partial charge in [-0.05, 0) is 54.6 Å². The average Bonchev–Trinajstić information content (AvgIpc) is 3.44. The van der Waals surface area contributed by atoms with Gasteiger partial charge in [0.25, 0.3) is 18.8 Å². The van der Waals surface area contributed by atoms with E-state index in [4.69, 9.17) is 16.0 Å². The highest BCUT2D eigenvalue weighted by atomic mass is 35.5. The lowest BCUT2D eigenvalue weighted by atomic mass is 10.3. The zero-order valence-electron chi connectivity index (χ0n) is 17.2. The third kappa shape index (κ3) is 5.63. The Labute approximate surface area is 200 Å². The van der Waals surface area contributed by atoms with E-state index in [9.17, 15) is 22.4 Å². The van der Waals surface area contributed by atoms with Crippen LogP contribution in [0.4, 0.5) is 23.2 Å². The molecule has 0 atom stereocenters. The highest BCUT2D eigenvalue weighted by molar-refractivity contribution is 7.99. The number of halogens is 5. The maximum absolute atomic E-state index is 13.2. The molecule has 1 amide bonds. The number of nitrogens with zero attached hydrogens (tertiary/aromatic N) is 2. The number of alkyl halides is 4. The second-order valence-corrected chi connectivity index (χ2v) is 8.58. The van der Waals surface area contributed by atoms with Gasteiger partial charge in [-0.25, -0.2) is 17.6 Å². The third-order valence-corrected chi connectivity index (χ3v) is 5.98. The van der Waals surface area contributed by atoms with E-state index >= 15 is 0 Å². The summed E-state index contributed by atoms with van der Waals surface area (Å²) < 4.78 is 58.3. The quantitative estimate of drug-likeness (QED) is 0.250. The molecule has 0 spiro atoms. The van der Waals surface area contributed by atoms with Crippen LogP contribution in [0, 0.1) is 0 Å². The van der Waals surface area contributed by atoms with Crippen LogP contribution in [0.15, 0.2) is 80.9 Å². The van der Waals surface area contributed by atoms with Crippen LogP contribution in [-0.4, -0.2) is 15.7 Å². The number of nitrogens with one attached hydrogen (secondary N) is 1. The average molecular weight is 510 g/mol. The summed E-state index contributed by atoms with van der Waals surface area (Å²) >= 11 is 7.35. The standard InChI is InChI=1S/C23H16ClF4N3O2S/c24-13-5-8-15(9-6-13)34-20-4-2-1-3-16(20)29-23(32)19-10-7-14(33-19)12-31-18(22(27)28)11-17(30-31)21(25)26/h1-11,21-22H,12H2,(H,29,32). The van der Waals surface area contributed by atoms with E-state index in [2.05, 4.69) is 10.4 Å². The minimum absolute atomic E-state index is 0.0684. The molecule has 11 heteroatoms. The van der Waals surface area contributed by atoms with E-state index in [0.29, 0.717) is 16.8 Å². The SMILES string of the molecule is O=C(Nc1ccccc1Sc1ccc(Cl)cc1)c1ccc(Cn2nc(C(F)F)cc2C(F)F)o1. The Hall–Kier alpha value is -3.24. The van der Waals surface area contributed by atoms with Gasteiger partial charge < -0.3 is 9.73 Å². The molecule has 0 saturated carbocycles. The van der Waals surface area contributed by atoms with Crippen LogP contribution in [0.1, 0.15) is 40.6 Å². The van der Waals surface area contributed by atoms with Gasteiger partial charge >= 0.3 is 0 Å². The van der Waals surface area contributed by atoms with E-state index in [1.807, 2.05) is 24.3 Å². The van der Waals surface area contributed by atoms with E-state index in [0.717, 1.165) is 14.5 Å². The summed E-state index contributed by atoms with van der Waals surface area (Å²) in [7, 11) is 0. The molecule has 176 valence electrons. The molecule has 0 saturated heterocycles. The lowest BCUT2D eigenvalue weighted by Crippen LogP contribution is -2.11. The molecule has 0 aliphatic heterocycles. The summed E-state index contributed by atoms with van der Waals surface area (Å²) in [6.45, 7) is -0.331. The zero-order valence-corrected chi connectivity index (χ0v) is 18.8. The molecule has 0 radical (unpaired) electrons. The van der Waals surface area contributed by atoms with Crippen LogP contribution in [0.25, 0.3) is 0 Å². The molecule has 0 fully saturated rings. The monoisotopic (exact) mass is 509 g/mol. The van der Waals surface area contributed by atoms with Gasteiger partial charge in [0.15, 0.2) is 5.76 Å². The molecule has 2 heterocycles. The maximum atomic E-state index is 13.2. The van der Waals surface area contributed by atoms with Crippen LogP contribution in [0.5, 0.6) is 0 Å². The second-order valence-electron chi connectivity index (χ2n) is 7.03. The zero-order chi connectivity index (χ0) is 24.2. The number of anilines is 1. The smallest absolute Gasteiger partial charge is 0.291 e. The fraction of sp³-hybridized carbons (Fsp3) is 0.130. The van der Waals surface area contributed by atoms with Crippen LogP contribution in [0.3, 0.4) is 0 Å². The van der Waals surface area contributed by atoms with Crippen molar-refractivity contribution in [1.29, 1.82) is 0 Å². The number of carbonyl (C=O) groups is 1. The number of benzene rings is 2. The predicted octanol–water partition coefficient (Wildman–Crippen LogP) is 7.46. The minimum Gasteiger partial charge on any atom is -0.454 e. The van der Waals surface area contributed by atoms with Gasteiger partial charge in [-0.1, -0.05) is 35.5 Å². The summed E-state index contributed by atoms with van der Waals surface area (Å²) in [6.07, 6.45) is -5.98. The normalized spacial score (nSPS) is 11.4. The first kappa shape index (κ1) is 23.9. The molecular weight excluding hydrogens is 494 g/mol. The van der Waals surface area contributed by atoms with Gasteiger partial charge in [-0.15, -0.1) is 0 Å². The Kier molecular flexibility index (Phi) is 7.28. The van der Waals surface area contributed by atoms with Crippen molar-refractivity contribution in [3.63, 3.8) is 0 Å². The summed E-state index contributed by atoms with van der Waals surface area (Å²) in [6, 6.07) is 17.8. The molecule has 1 N–H and O–H groups in total. The third-order valence-electron chi connectivity index (χ3n) is 4.64. The number of rotatable bonds is 8. The van der Waals surface area contributed by atoms with Gasteiger partial charge in [0, 0.05) is 14.8 Å². The number of carbonyl (C=O) groups excluding carboxylic acids is 1. The number of furan rings is 1. The summed E-state index contributed by atoms with van der Waals surface area (Å²) in [4.78, 5) is 14.4. The molecular formula is C23H16ClF4N3O2S. The molecule has 34 heavy (non-hydrogen) atoms. The molecule has 4 aromatic rings. The fourth-order valence-corrected chi connectivity index (χ4v) is 4.09. The molecule has 0 aliphatic carbocycles. The van der Waals surface area contributed by atoms with Gasteiger partial charge in [0.1, 0.15) is 17.1 Å². The van der Waals surface area contributed by atoms with Crippen molar-refractivity contribution < 1.29 is 26.8 Å². The first-order valence-electron chi connectivity index (χ1n) is 9.86. The molecule has 0 bridgehead atoms. The highest BCUT2D eigenvalue weighted by Crippen LogP contribution is 2.34. The Balaban J connectivity index is 1.48. The Morgan fingerprint density at radius 2 is 1.76 bits per heavy atom. The van der Waals surface area contributed by atoms with Crippen molar-refractivity contribution in [3.05, 3.63) is 94.7 Å². The number of para-hydroxylation sites is 1. The molecule has 4 rings (SSSR count). The predicted molar refractivity (Wildman–Crippen MR) is 120 cm³/mol. The number of hydrogen-bond donors (Lipinski definition) is 1. The second kappa shape index (κ2) is 10.4. The van der Waals surface area contributed by atoms with Gasteiger partial charge in [0.2, 0.25) is 0 Å². The highest BCUT2D eigenvalue weighted by Gasteiger charge is 2.22. The van der Waals surface area contributed by atoms with Crippen molar-refractivity contribution in [1.82, 2.24) is 9.78 Å². The van der Waals surface area contributed by atoms with Crippen molar-refractivity contribution >= 4 is 35.0 Å². The van der Waals surface area contributed by atoms with E-state index in [1.165, 1.54) is 23.9 Å². The first-order valence-corrected chi connectivity index (χ1v) is 11.1. The molecule has 5 nitrogen and oxygen atoms in total. The molecule has 0 aliphatic rings. The van der Waals surface area contributed by atoms with E-state index in [1.54, 1.807) is 24.3 Å². The van der Waals surface area contributed by atoms with Gasteiger partial charge in [-0.3, -0.25) is 9.48 Å². The number of hydrogen-bond acceptors (Lipinski definition) is 4. The van der Waals surface area contributed by atoms with Crippen molar-refractivity contribution in [2.24, 2.45) is 0 Å². The Bertz CT molecular complexity index is 1290. The summed E-state index contributed by atoms with van der Waals surface area (Å²) in [5, 5.41) is 6.90. The topological polar surface area (TPSA) is 60.1 Å². The van der Waals surface area contributed by atoms with Gasteiger partial charge in [0.05, 0.1) is 12.2 Å². The van der Waals surface area contributed by atoms with Crippen molar-refractivity contribution in [2.75, 3.05) is 5.32 Å². The lowest BCUT2D eigenvalue weighted by Gasteiger charge is -2.10. The number of aromatic nitrogens is 2. The molecule has 0 unspecified atom stereocenters. The summed E-state index contributed by atoms with van der Waals surface area (Å²) in [5.41, 5.74) is -0.875. The van der Waals surface area contributed by atoms with Crippen LogP contribution in [0.2, 0.25) is 5.02 Å². The van der Waals surface area contributed by atoms with Gasteiger partial charge in [-0.2, -0.15) is 5.10 Å². The van der Waals surface area contributed by atoms with Crippen LogP contribution < -0.4 is 5.32 Å². The van der Waals surface area contributed by atoms with E-state index < -0.39 is 30.1 Å². The molecule has 2 aromatic carbocycles. The largest absolute Gasteiger partial charge is 0.454 e.